The molecule has 0 aliphatic rings. The molecule has 35 heavy (non-hydrogen) atoms. The van der Waals surface area contributed by atoms with Gasteiger partial charge in [0.2, 0.25) is 0 Å². The van der Waals surface area contributed by atoms with Gasteiger partial charge >= 0.3 is 0 Å². The fourth-order valence-corrected chi connectivity index (χ4v) is 4.68. The van der Waals surface area contributed by atoms with Crippen LogP contribution in [-0.2, 0) is 11.0 Å². The van der Waals surface area contributed by atoms with Crippen molar-refractivity contribution in [3.63, 3.8) is 0 Å². The maximum absolute atomic E-state index is 12.1. The molecule has 0 radical (unpaired) electrons. The lowest BCUT2D eigenvalue weighted by Crippen LogP contribution is -2.33. The standard InChI is InChI=1S/C27H31N5O2S/c1-5-8-20(16-27(3,4)35(28)34)24-11-6-10-23(30-24)19-13-14-21-17-29-32(25(21)15-19)26-12-7-9-22(31-26)18(2)33/h6-7,9-15,17,20H,5,8,16,28H2,1-4H3/t20-,35?/m0/s1. The minimum atomic E-state index is -1.42. The SMILES string of the molecule is CCC[C@@H](CC(C)(C)S(N)=O)c1cccc(-c2ccc3cnn(-c4cccc(C(C)=O)n4)c3c2)n1. The van der Waals surface area contributed by atoms with Gasteiger partial charge in [-0.15, -0.1) is 0 Å². The zero-order chi connectivity index (χ0) is 25.2. The van der Waals surface area contributed by atoms with E-state index in [2.05, 4.69) is 17.0 Å². The van der Waals surface area contributed by atoms with Crippen LogP contribution in [0.1, 0.15) is 69.1 Å². The highest BCUT2D eigenvalue weighted by atomic mass is 32.2. The lowest BCUT2D eigenvalue weighted by molar-refractivity contribution is 0.101. The van der Waals surface area contributed by atoms with Gasteiger partial charge in [0.1, 0.15) is 5.69 Å². The summed E-state index contributed by atoms with van der Waals surface area (Å²) >= 11 is 0. The second-order valence-electron chi connectivity index (χ2n) is 9.46. The number of carbonyl (C=O) groups is 1. The van der Waals surface area contributed by atoms with Gasteiger partial charge in [-0.25, -0.2) is 13.9 Å². The molecular weight excluding hydrogens is 458 g/mol. The number of nitrogens with two attached hydrogens (primary N) is 1. The first-order valence-electron chi connectivity index (χ1n) is 11.8. The van der Waals surface area contributed by atoms with Crippen LogP contribution in [0.4, 0.5) is 0 Å². The summed E-state index contributed by atoms with van der Waals surface area (Å²) in [4.78, 5) is 21.3. The molecule has 3 aromatic heterocycles. The predicted octanol–water partition coefficient (Wildman–Crippen LogP) is 5.36. The summed E-state index contributed by atoms with van der Waals surface area (Å²) in [5, 5.41) is 11.2. The number of ketones is 1. The van der Waals surface area contributed by atoms with Crippen molar-refractivity contribution >= 4 is 27.7 Å². The summed E-state index contributed by atoms with van der Waals surface area (Å²) in [5.41, 5.74) is 4.08. The summed E-state index contributed by atoms with van der Waals surface area (Å²) < 4.78 is 13.3. The van der Waals surface area contributed by atoms with Crippen LogP contribution < -0.4 is 5.14 Å². The smallest absolute Gasteiger partial charge is 0.178 e. The first-order valence-corrected chi connectivity index (χ1v) is 13.0. The third-order valence-corrected chi connectivity index (χ3v) is 7.54. The molecule has 182 valence electrons. The third-order valence-electron chi connectivity index (χ3n) is 6.29. The Bertz CT molecular complexity index is 1400. The Balaban J connectivity index is 1.73. The second-order valence-corrected chi connectivity index (χ2v) is 11.2. The quantitative estimate of drug-likeness (QED) is 0.319. The number of hydrogen-bond donors (Lipinski definition) is 1. The molecule has 7 nitrogen and oxygen atoms in total. The molecule has 2 atom stereocenters. The molecule has 0 saturated carbocycles. The fourth-order valence-electron chi connectivity index (χ4n) is 4.32. The molecule has 2 N–H and O–H groups in total. The number of pyridine rings is 2. The third kappa shape index (κ3) is 5.39. The van der Waals surface area contributed by atoms with Gasteiger partial charge in [0.25, 0.3) is 0 Å². The molecule has 8 heteroatoms. The summed E-state index contributed by atoms with van der Waals surface area (Å²) in [7, 11) is -1.42. The number of rotatable bonds is 9. The Labute approximate surface area is 208 Å². The zero-order valence-corrected chi connectivity index (χ0v) is 21.4. The van der Waals surface area contributed by atoms with E-state index in [0.717, 1.165) is 40.7 Å². The van der Waals surface area contributed by atoms with E-state index in [0.29, 0.717) is 17.9 Å². The predicted molar refractivity (Wildman–Crippen MR) is 141 cm³/mol. The Morgan fingerprint density at radius 3 is 2.60 bits per heavy atom. The van der Waals surface area contributed by atoms with Crippen LogP contribution in [0.2, 0.25) is 0 Å². The highest BCUT2D eigenvalue weighted by Crippen LogP contribution is 2.33. The van der Waals surface area contributed by atoms with Crippen LogP contribution in [0.15, 0.2) is 60.8 Å². The normalized spacial score (nSPS) is 13.6. The van der Waals surface area contributed by atoms with Crippen molar-refractivity contribution in [3.05, 3.63) is 72.2 Å². The molecular formula is C27H31N5O2S. The monoisotopic (exact) mass is 489 g/mol. The minimum Gasteiger partial charge on any atom is -0.293 e. The molecule has 0 spiro atoms. The summed E-state index contributed by atoms with van der Waals surface area (Å²) in [6, 6.07) is 17.5. The molecule has 1 unspecified atom stereocenters. The van der Waals surface area contributed by atoms with Gasteiger partial charge in [-0.05, 0) is 57.0 Å². The van der Waals surface area contributed by atoms with Crippen molar-refractivity contribution in [3.8, 4) is 17.1 Å². The molecule has 0 amide bonds. The molecule has 3 heterocycles. The van der Waals surface area contributed by atoms with Gasteiger partial charge in [-0.3, -0.25) is 14.9 Å². The van der Waals surface area contributed by atoms with Crippen molar-refractivity contribution in [2.75, 3.05) is 0 Å². The van der Waals surface area contributed by atoms with Crippen molar-refractivity contribution in [2.24, 2.45) is 5.14 Å². The molecule has 0 fully saturated rings. The second kappa shape index (κ2) is 10.2. The number of aromatic nitrogens is 4. The zero-order valence-electron chi connectivity index (χ0n) is 20.6. The van der Waals surface area contributed by atoms with Gasteiger partial charge in [-0.1, -0.05) is 37.6 Å². The molecule has 1 aromatic carbocycles. The van der Waals surface area contributed by atoms with Crippen molar-refractivity contribution in [1.29, 1.82) is 0 Å². The van der Waals surface area contributed by atoms with Gasteiger partial charge in [0.15, 0.2) is 11.6 Å². The van der Waals surface area contributed by atoms with Crippen LogP contribution >= 0.6 is 0 Å². The highest BCUT2D eigenvalue weighted by Gasteiger charge is 2.29. The average molecular weight is 490 g/mol. The van der Waals surface area contributed by atoms with Crippen LogP contribution in [0.3, 0.4) is 0 Å². The average Bonchev–Trinajstić information content (AvgIpc) is 3.27. The lowest BCUT2D eigenvalue weighted by atomic mass is 9.89. The highest BCUT2D eigenvalue weighted by molar-refractivity contribution is 7.84. The van der Waals surface area contributed by atoms with Gasteiger partial charge in [0.05, 0.1) is 33.1 Å². The van der Waals surface area contributed by atoms with Crippen molar-refractivity contribution < 1.29 is 9.00 Å². The maximum Gasteiger partial charge on any atom is 0.178 e. The maximum atomic E-state index is 12.1. The first kappa shape index (κ1) is 24.9. The number of fused-ring (bicyclic) bond motifs is 1. The topological polar surface area (TPSA) is 104 Å². The number of hydrogen-bond acceptors (Lipinski definition) is 5. The minimum absolute atomic E-state index is 0.0895. The Kier molecular flexibility index (Phi) is 7.23. The Morgan fingerprint density at radius 2 is 1.89 bits per heavy atom. The summed E-state index contributed by atoms with van der Waals surface area (Å²) in [5.74, 6) is 0.662. The number of nitrogens with zero attached hydrogens (tertiary/aromatic N) is 4. The van der Waals surface area contributed by atoms with E-state index in [1.807, 2.05) is 62.4 Å². The fraction of sp³-hybridized carbons (Fsp3) is 0.333. The molecule has 4 aromatic rings. The largest absolute Gasteiger partial charge is 0.293 e. The molecule has 0 bridgehead atoms. The number of benzene rings is 1. The Morgan fingerprint density at radius 1 is 1.11 bits per heavy atom. The number of carbonyl (C=O) groups excluding carboxylic acids is 1. The van der Waals surface area contributed by atoms with Crippen LogP contribution in [0.25, 0.3) is 28.0 Å². The van der Waals surface area contributed by atoms with E-state index in [9.17, 15) is 9.00 Å². The van der Waals surface area contributed by atoms with Gasteiger partial charge in [0, 0.05) is 29.5 Å². The molecule has 4 rings (SSSR count). The van der Waals surface area contributed by atoms with E-state index in [1.165, 1.54) is 6.92 Å². The van der Waals surface area contributed by atoms with E-state index < -0.39 is 15.7 Å². The van der Waals surface area contributed by atoms with Gasteiger partial charge in [-0.2, -0.15) is 5.10 Å². The van der Waals surface area contributed by atoms with Crippen LogP contribution in [0, 0.1) is 0 Å². The first-order chi connectivity index (χ1) is 16.7. The van der Waals surface area contributed by atoms with Crippen LogP contribution in [0.5, 0.6) is 0 Å². The van der Waals surface area contributed by atoms with E-state index in [-0.39, 0.29) is 11.7 Å². The number of Topliss-reactive ketones (excluding diaryl/α,β-unsaturated/α-hetero) is 1. The molecule has 0 aliphatic carbocycles. The Hall–Kier alpha value is -3.23. The van der Waals surface area contributed by atoms with Gasteiger partial charge < -0.3 is 0 Å². The summed E-state index contributed by atoms with van der Waals surface area (Å²) in [6.07, 6.45) is 4.43. The lowest BCUT2D eigenvalue weighted by Gasteiger charge is -2.27. The van der Waals surface area contributed by atoms with E-state index in [1.54, 1.807) is 16.9 Å². The van der Waals surface area contributed by atoms with Crippen LogP contribution in [-0.4, -0.2) is 34.5 Å². The van der Waals surface area contributed by atoms with E-state index in [4.69, 9.17) is 10.1 Å². The van der Waals surface area contributed by atoms with E-state index >= 15 is 0 Å². The molecule has 0 aliphatic heterocycles. The summed E-state index contributed by atoms with van der Waals surface area (Å²) in [6.45, 7) is 7.54. The van der Waals surface area contributed by atoms with Crippen molar-refractivity contribution in [1.82, 2.24) is 19.7 Å². The molecule has 0 saturated heterocycles. The van der Waals surface area contributed by atoms with Crippen molar-refractivity contribution in [2.45, 2.75) is 57.6 Å².